The van der Waals surface area contributed by atoms with Crippen molar-refractivity contribution < 1.29 is 4.79 Å². The number of hydrogen-bond donors (Lipinski definition) is 0. The third-order valence-electron chi connectivity index (χ3n) is 4.98. The molecule has 134 valence electrons. The Hall–Kier alpha value is -1.59. The minimum absolute atomic E-state index is 0.0457. The molecule has 0 spiro atoms. The molecule has 1 heterocycles. The van der Waals surface area contributed by atoms with E-state index in [0.29, 0.717) is 5.92 Å². The molecular formula is C19H23ClN2O2S. The highest BCUT2D eigenvalue weighted by molar-refractivity contribution is 7.16. The zero-order valence-electron chi connectivity index (χ0n) is 14.6. The first-order chi connectivity index (χ1) is 12.1. The second-order valence-corrected chi connectivity index (χ2v) is 7.78. The summed E-state index contributed by atoms with van der Waals surface area (Å²) >= 11 is 7.12. The largest absolute Gasteiger partial charge is 0.309 e. The number of carbonyl (C=O) groups is 1. The first kappa shape index (κ1) is 18.2. The number of amides is 1. The lowest BCUT2D eigenvalue weighted by atomic mass is 9.85. The van der Waals surface area contributed by atoms with Crippen molar-refractivity contribution in [3.63, 3.8) is 0 Å². The Morgan fingerprint density at radius 1 is 1.40 bits per heavy atom. The molecule has 0 radical (unpaired) electrons. The fourth-order valence-corrected chi connectivity index (χ4v) is 4.75. The van der Waals surface area contributed by atoms with Crippen molar-refractivity contribution in [2.24, 2.45) is 5.92 Å². The Morgan fingerprint density at radius 3 is 2.88 bits per heavy atom. The monoisotopic (exact) mass is 378 g/mol. The van der Waals surface area contributed by atoms with E-state index in [1.54, 1.807) is 9.47 Å². The van der Waals surface area contributed by atoms with Crippen molar-refractivity contribution in [2.45, 2.75) is 46.2 Å². The predicted molar refractivity (Wildman–Crippen MR) is 104 cm³/mol. The first-order valence-electron chi connectivity index (χ1n) is 8.71. The smallest absolute Gasteiger partial charge is 0.296 e. The zero-order chi connectivity index (χ0) is 18.0. The molecule has 1 aliphatic carbocycles. The summed E-state index contributed by atoms with van der Waals surface area (Å²) in [6.45, 7) is 4.48. The van der Waals surface area contributed by atoms with E-state index in [-0.39, 0.29) is 23.3 Å². The lowest BCUT2D eigenvalue weighted by Gasteiger charge is -2.35. The fraction of sp³-hybridized carbons (Fsp3) is 0.474. The minimum Gasteiger partial charge on any atom is -0.296 e. The molecule has 1 amide bonds. The van der Waals surface area contributed by atoms with Crippen LogP contribution in [0.1, 0.15) is 39.5 Å². The highest BCUT2D eigenvalue weighted by Gasteiger charge is 2.29. The molecule has 6 heteroatoms. The van der Waals surface area contributed by atoms with Crippen molar-refractivity contribution in [3.8, 4) is 0 Å². The Balaban J connectivity index is 2.06. The van der Waals surface area contributed by atoms with Crippen LogP contribution in [0.15, 0.2) is 40.3 Å². The van der Waals surface area contributed by atoms with Crippen molar-refractivity contribution >= 4 is 39.1 Å². The second kappa shape index (κ2) is 7.75. The van der Waals surface area contributed by atoms with Crippen LogP contribution in [0.5, 0.6) is 0 Å². The molecular weight excluding hydrogens is 356 g/mol. The van der Waals surface area contributed by atoms with Crippen LogP contribution >= 0.6 is 22.9 Å². The number of aromatic nitrogens is 1. The maximum Gasteiger partial charge on any atom is 0.309 e. The molecule has 25 heavy (non-hydrogen) atoms. The molecule has 0 bridgehead atoms. The van der Waals surface area contributed by atoms with Gasteiger partial charge in [0, 0.05) is 5.70 Å². The molecule has 1 aromatic carbocycles. The summed E-state index contributed by atoms with van der Waals surface area (Å²) < 4.78 is 2.62. The van der Waals surface area contributed by atoms with Gasteiger partial charge in [-0.15, -0.1) is 11.6 Å². The van der Waals surface area contributed by atoms with Gasteiger partial charge in [-0.1, -0.05) is 36.0 Å². The minimum atomic E-state index is -0.140. The lowest BCUT2D eigenvalue weighted by Crippen LogP contribution is -2.39. The van der Waals surface area contributed by atoms with Crippen LogP contribution in [-0.4, -0.2) is 21.3 Å². The summed E-state index contributed by atoms with van der Waals surface area (Å²) in [4.78, 5) is 26.8. The van der Waals surface area contributed by atoms with Gasteiger partial charge in [-0.3, -0.25) is 19.1 Å². The van der Waals surface area contributed by atoms with E-state index in [2.05, 4.69) is 13.8 Å². The molecule has 0 fully saturated rings. The second-order valence-electron chi connectivity index (χ2n) is 6.52. The van der Waals surface area contributed by atoms with Crippen molar-refractivity contribution in [3.05, 3.63) is 45.2 Å². The van der Waals surface area contributed by atoms with Gasteiger partial charge in [0.15, 0.2) is 0 Å². The maximum atomic E-state index is 12.6. The standard InChI is InChI=1S/C19H23ClN2O2S/c1-3-14-8-6-7-13(2)18(14)22(17(23)11-20)12-21-15-9-4-5-10-16(15)25-19(21)24/h4-5,9-10,14H,3,6-8,11-12H2,1-2H3. The number of halogens is 1. The SMILES string of the molecule is CCC1CCCC(C)=C1N(Cn1c(=O)sc2ccccc21)C(=O)CCl. The first-order valence-corrected chi connectivity index (χ1v) is 10.1. The Kier molecular flexibility index (Phi) is 5.64. The summed E-state index contributed by atoms with van der Waals surface area (Å²) in [7, 11) is 0. The van der Waals surface area contributed by atoms with Crippen molar-refractivity contribution in [1.82, 2.24) is 9.47 Å². The zero-order valence-corrected chi connectivity index (χ0v) is 16.2. The third-order valence-corrected chi connectivity index (χ3v) is 6.17. The molecule has 1 unspecified atom stereocenters. The number of allylic oxidation sites excluding steroid dienone is 2. The molecule has 1 atom stereocenters. The van der Waals surface area contributed by atoms with Crippen LogP contribution < -0.4 is 4.87 Å². The summed E-state index contributed by atoms with van der Waals surface area (Å²) in [5, 5.41) is 0. The van der Waals surface area contributed by atoms with Crippen LogP contribution in [0.4, 0.5) is 0 Å². The fourth-order valence-electron chi connectivity index (χ4n) is 3.73. The van der Waals surface area contributed by atoms with E-state index in [1.165, 1.54) is 16.9 Å². The van der Waals surface area contributed by atoms with E-state index in [9.17, 15) is 9.59 Å². The van der Waals surface area contributed by atoms with Gasteiger partial charge >= 0.3 is 4.87 Å². The van der Waals surface area contributed by atoms with Gasteiger partial charge in [0.25, 0.3) is 0 Å². The van der Waals surface area contributed by atoms with Gasteiger partial charge in [-0.2, -0.15) is 0 Å². The number of hydrogen-bond acceptors (Lipinski definition) is 3. The van der Waals surface area contributed by atoms with E-state index >= 15 is 0 Å². The highest BCUT2D eigenvalue weighted by atomic mass is 35.5. The summed E-state index contributed by atoms with van der Waals surface area (Å²) in [5.74, 6) is 0.129. The van der Waals surface area contributed by atoms with Crippen LogP contribution in [0.2, 0.25) is 0 Å². The van der Waals surface area contributed by atoms with Gasteiger partial charge in [-0.25, -0.2) is 0 Å². The Labute approximate surface area is 156 Å². The lowest BCUT2D eigenvalue weighted by molar-refractivity contribution is -0.128. The van der Waals surface area contributed by atoms with Crippen molar-refractivity contribution in [2.75, 3.05) is 5.88 Å². The number of fused-ring (bicyclic) bond motifs is 1. The molecule has 1 aliphatic rings. The summed E-state index contributed by atoms with van der Waals surface area (Å²) in [6, 6.07) is 7.70. The van der Waals surface area contributed by atoms with Crippen LogP contribution in [-0.2, 0) is 11.5 Å². The molecule has 0 saturated carbocycles. The predicted octanol–water partition coefficient (Wildman–Crippen LogP) is 4.57. The quantitative estimate of drug-likeness (QED) is 0.715. The van der Waals surface area contributed by atoms with Crippen LogP contribution in [0, 0.1) is 5.92 Å². The van der Waals surface area contributed by atoms with E-state index in [4.69, 9.17) is 11.6 Å². The molecule has 1 aromatic heterocycles. The van der Waals surface area contributed by atoms with Gasteiger partial charge in [-0.05, 0) is 50.7 Å². The molecule has 2 aromatic rings. The third kappa shape index (κ3) is 3.53. The number of benzene rings is 1. The van der Waals surface area contributed by atoms with Gasteiger partial charge in [0.1, 0.15) is 12.5 Å². The number of nitrogens with zero attached hydrogens (tertiary/aromatic N) is 2. The molecule has 0 saturated heterocycles. The Morgan fingerprint density at radius 2 is 2.16 bits per heavy atom. The van der Waals surface area contributed by atoms with E-state index in [0.717, 1.165) is 41.6 Å². The van der Waals surface area contributed by atoms with Gasteiger partial charge < -0.3 is 0 Å². The summed E-state index contributed by atoms with van der Waals surface area (Å²) in [5.41, 5.74) is 3.18. The maximum absolute atomic E-state index is 12.6. The summed E-state index contributed by atoms with van der Waals surface area (Å²) in [6.07, 6.45) is 4.21. The van der Waals surface area contributed by atoms with E-state index in [1.807, 2.05) is 24.3 Å². The molecule has 0 aliphatic heterocycles. The number of alkyl halides is 1. The molecule has 0 N–H and O–H groups in total. The average Bonchev–Trinajstić information content (AvgIpc) is 2.94. The number of thiazole rings is 1. The van der Waals surface area contributed by atoms with Gasteiger partial charge in [0.05, 0.1) is 10.2 Å². The number of rotatable bonds is 5. The van der Waals surface area contributed by atoms with Gasteiger partial charge in [0.2, 0.25) is 5.91 Å². The van der Waals surface area contributed by atoms with Crippen LogP contribution in [0.25, 0.3) is 10.2 Å². The number of carbonyl (C=O) groups excluding carboxylic acids is 1. The van der Waals surface area contributed by atoms with E-state index < -0.39 is 0 Å². The average molecular weight is 379 g/mol. The topological polar surface area (TPSA) is 42.3 Å². The Bertz CT molecular complexity index is 868. The molecule has 4 nitrogen and oxygen atoms in total. The normalized spacial score (nSPS) is 18.0. The van der Waals surface area contributed by atoms with Crippen LogP contribution in [0.3, 0.4) is 0 Å². The number of para-hydroxylation sites is 1. The molecule has 3 rings (SSSR count). The highest BCUT2D eigenvalue weighted by Crippen LogP contribution is 2.35. The van der Waals surface area contributed by atoms with Crippen molar-refractivity contribution in [1.29, 1.82) is 0 Å².